The summed E-state index contributed by atoms with van der Waals surface area (Å²) in [4.78, 5) is 33.8. The predicted molar refractivity (Wildman–Crippen MR) is 78.9 cm³/mol. The molecule has 0 spiro atoms. The molecule has 2 N–H and O–H groups in total. The molecule has 0 aromatic heterocycles. The lowest BCUT2D eigenvalue weighted by atomic mass is 10.1. The number of nitro benzene ring substituents is 1. The zero-order valence-corrected chi connectivity index (χ0v) is 11.5. The molecule has 0 unspecified atom stereocenters. The van der Waals surface area contributed by atoms with Crippen molar-refractivity contribution in [1.29, 1.82) is 0 Å². The van der Waals surface area contributed by atoms with Gasteiger partial charge in [0.15, 0.2) is 0 Å². The molecule has 0 heterocycles. The number of nitro groups is 1. The highest BCUT2D eigenvalue weighted by molar-refractivity contribution is 5.95. The van der Waals surface area contributed by atoms with Gasteiger partial charge in [0.1, 0.15) is 0 Å². The molecule has 0 bridgehead atoms. The molecule has 112 valence electrons. The first-order chi connectivity index (χ1) is 10.6. The topological polar surface area (TPSA) is 101 Å². The fourth-order valence-corrected chi connectivity index (χ4v) is 1.84. The molecule has 0 aliphatic heterocycles. The van der Waals surface area contributed by atoms with Crippen molar-refractivity contribution in [3.8, 4) is 0 Å². The Hall–Kier alpha value is -3.22. The Morgan fingerprint density at radius 1 is 0.955 bits per heavy atom. The molecular formula is C15H13N3O4. The van der Waals surface area contributed by atoms with E-state index in [-0.39, 0.29) is 17.7 Å². The molecular weight excluding hydrogens is 286 g/mol. The Balaban J connectivity index is 1.94. The lowest BCUT2D eigenvalue weighted by molar-refractivity contribution is -0.385. The molecule has 0 saturated carbocycles. The highest BCUT2D eigenvalue weighted by Crippen LogP contribution is 2.17. The van der Waals surface area contributed by atoms with Crippen LogP contribution in [0.1, 0.15) is 15.9 Å². The van der Waals surface area contributed by atoms with Gasteiger partial charge >= 0.3 is 0 Å². The lowest BCUT2D eigenvalue weighted by Gasteiger charge is -2.07. The molecule has 0 atom stereocenters. The van der Waals surface area contributed by atoms with E-state index in [1.165, 1.54) is 18.2 Å². The number of benzene rings is 2. The smallest absolute Gasteiger partial charge is 0.273 e. The molecule has 2 amide bonds. The third-order valence-corrected chi connectivity index (χ3v) is 2.89. The molecule has 0 aliphatic rings. The van der Waals surface area contributed by atoms with Crippen LogP contribution in [0.25, 0.3) is 0 Å². The van der Waals surface area contributed by atoms with Crippen LogP contribution in [-0.4, -0.2) is 16.7 Å². The van der Waals surface area contributed by atoms with Gasteiger partial charge in [0.25, 0.3) is 11.6 Å². The number of hydrazine groups is 1. The Kier molecular flexibility index (Phi) is 4.81. The first kappa shape index (κ1) is 15.2. The zero-order valence-electron chi connectivity index (χ0n) is 11.5. The average molecular weight is 299 g/mol. The van der Waals surface area contributed by atoms with E-state index in [1.807, 2.05) is 0 Å². The van der Waals surface area contributed by atoms with E-state index >= 15 is 0 Å². The molecule has 0 saturated heterocycles. The fourth-order valence-electron chi connectivity index (χ4n) is 1.84. The Morgan fingerprint density at radius 3 is 2.27 bits per heavy atom. The average Bonchev–Trinajstić information content (AvgIpc) is 2.53. The lowest BCUT2D eigenvalue weighted by Crippen LogP contribution is -2.42. The van der Waals surface area contributed by atoms with Crippen molar-refractivity contribution >= 4 is 17.5 Å². The van der Waals surface area contributed by atoms with Crippen LogP contribution in [0.5, 0.6) is 0 Å². The fraction of sp³-hybridized carbons (Fsp3) is 0.0667. The molecule has 22 heavy (non-hydrogen) atoms. The van der Waals surface area contributed by atoms with Crippen LogP contribution in [0.2, 0.25) is 0 Å². The number of hydrogen-bond acceptors (Lipinski definition) is 4. The third-order valence-electron chi connectivity index (χ3n) is 2.89. The van der Waals surface area contributed by atoms with Crippen molar-refractivity contribution in [1.82, 2.24) is 10.9 Å². The largest absolute Gasteiger partial charge is 0.273 e. The number of carbonyl (C=O) groups excluding carboxylic acids is 2. The summed E-state index contributed by atoms with van der Waals surface area (Å²) in [5.41, 5.74) is 5.03. The number of nitrogens with zero attached hydrogens (tertiary/aromatic N) is 1. The van der Waals surface area contributed by atoms with E-state index < -0.39 is 16.7 Å². The minimum Gasteiger partial charge on any atom is -0.273 e. The number of carbonyl (C=O) groups is 2. The van der Waals surface area contributed by atoms with Gasteiger partial charge in [-0.3, -0.25) is 30.6 Å². The minimum absolute atomic E-state index is 0.132. The van der Waals surface area contributed by atoms with Crippen LogP contribution < -0.4 is 10.9 Å². The van der Waals surface area contributed by atoms with Crippen molar-refractivity contribution in [2.75, 3.05) is 0 Å². The van der Waals surface area contributed by atoms with Gasteiger partial charge in [-0.25, -0.2) is 0 Å². The number of para-hydroxylation sites is 1. The van der Waals surface area contributed by atoms with Gasteiger partial charge in [-0.1, -0.05) is 36.4 Å². The first-order valence-electron chi connectivity index (χ1n) is 6.44. The Labute approximate surface area is 126 Å². The molecule has 0 aliphatic carbocycles. The van der Waals surface area contributed by atoms with Crippen molar-refractivity contribution in [2.24, 2.45) is 0 Å². The van der Waals surface area contributed by atoms with Gasteiger partial charge in [0.05, 0.1) is 11.3 Å². The summed E-state index contributed by atoms with van der Waals surface area (Å²) in [6.07, 6.45) is -0.202. The summed E-state index contributed by atoms with van der Waals surface area (Å²) in [6.45, 7) is 0. The van der Waals surface area contributed by atoms with Crippen molar-refractivity contribution in [3.63, 3.8) is 0 Å². The van der Waals surface area contributed by atoms with Gasteiger partial charge in [-0.05, 0) is 12.1 Å². The van der Waals surface area contributed by atoms with E-state index in [0.29, 0.717) is 5.56 Å². The van der Waals surface area contributed by atoms with Crippen LogP contribution in [0.3, 0.4) is 0 Å². The van der Waals surface area contributed by atoms with Gasteiger partial charge in [0, 0.05) is 17.2 Å². The summed E-state index contributed by atoms with van der Waals surface area (Å²) in [7, 11) is 0. The summed E-state index contributed by atoms with van der Waals surface area (Å²) in [6, 6.07) is 14.3. The molecule has 0 radical (unpaired) electrons. The van der Waals surface area contributed by atoms with Crippen LogP contribution >= 0.6 is 0 Å². The maximum Gasteiger partial charge on any atom is 0.273 e. The zero-order chi connectivity index (χ0) is 15.9. The number of nitrogens with one attached hydrogen (secondary N) is 2. The summed E-state index contributed by atoms with van der Waals surface area (Å²) < 4.78 is 0. The van der Waals surface area contributed by atoms with E-state index in [0.717, 1.165) is 0 Å². The Bertz CT molecular complexity index is 701. The number of amides is 2. The van der Waals surface area contributed by atoms with Crippen LogP contribution in [0.15, 0.2) is 54.6 Å². The molecule has 2 aromatic rings. The summed E-state index contributed by atoms with van der Waals surface area (Å²) in [5, 5.41) is 10.9. The summed E-state index contributed by atoms with van der Waals surface area (Å²) in [5.74, 6) is -1.00. The second-order valence-electron chi connectivity index (χ2n) is 4.43. The second-order valence-corrected chi connectivity index (χ2v) is 4.43. The molecule has 0 fully saturated rings. The molecule has 2 aromatic carbocycles. The van der Waals surface area contributed by atoms with E-state index in [1.54, 1.807) is 36.4 Å². The first-order valence-corrected chi connectivity index (χ1v) is 6.44. The maximum atomic E-state index is 11.8. The van der Waals surface area contributed by atoms with Gasteiger partial charge in [-0.15, -0.1) is 0 Å². The standard InChI is InChI=1S/C15H13N3O4/c19-14(10-12-8-4-5-9-13(12)18(21)22)16-17-15(20)11-6-2-1-3-7-11/h1-9H,10H2,(H,16,19)(H,17,20). The van der Waals surface area contributed by atoms with E-state index in [9.17, 15) is 19.7 Å². The minimum atomic E-state index is -0.550. The summed E-state index contributed by atoms with van der Waals surface area (Å²) >= 11 is 0. The SMILES string of the molecule is O=C(Cc1ccccc1[N+](=O)[O-])NNC(=O)c1ccccc1. The number of rotatable bonds is 4. The van der Waals surface area contributed by atoms with Gasteiger partial charge in [-0.2, -0.15) is 0 Å². The second kappa shape index (κ2) is 6.98. The van der Waals surface area contributed by atoms with E-state index in [2.05, 4.69) is 10.9 Å². The normalized spacial score (nSPS) is 9.82. The molecule has 2 rings (SSSR count). The van der Waals surface area contributed by atoms with Gasteiger partial charge < -0.3 is 0 Å². The third kappa shape index (κ3) is 3.89. The molecule has 7 heteroatoms. The highest BCUT2D eigenvalue weighted by atomic mass is 16.6. The maximum absolute atomic E-state index is 11.8. The molecule has 7 nitrogen and oxygen atoms in total. The van der Waals surface area contributed by atoms with Crippen molar-refractivity contribution in [2.45, 2.75) is 6.42 Å². The van der Waals surface area contributed by atoms with Crippen LogP contribution in [0, 0.1) is 10.1 Å². The number of hydrogen-bond donors (Lipinski definition) is 2. The highest BCUT2D eigenvalue weighted by Gasteiger charge is 2.15. The quantitative estimate of drug-likeness (QED) is 0.661. The van der Waals surface area contributed by atoms with Gasteiger partial charge in [0.2, 0.25) is 5.91 Å². The van der Waals surface area contributed by atoms with Crippen LogP contribution in [-0.2, 0) is 11.2 Å². The van der Waals surface area contributed by atoms with Crippen molar-refractivity contribution < 1.29 is 14.5 Å². The van der Waals surface area contributed by atoms with Crippen LogP contribution in [0.4, 0.5) is 5.69 Å². The van der Waals surface area contributed by atoms with Crippen molar-refractivity contribution in [3.05, 3.63) is 75.8 Å². The monoisotopic (exact) mass is 299 g/mol. The Morgan fingerprint density at radius 2 is 1.59 bits per heavy atom. The van der Waals surface area contributed by atoms with E-state index in [4.69, 9.17) is 0 Å². The predicted octanol–water partition coefficient (Wildman–Crippen LogP) is 1.60.